The van der Waals surface area contributed by atoms with Gasteiger partial charge in [0.2, 0.25) is 5.91 Å². The van der Waals surface area contributed by atoms with Gasteiger partial charge in [0.1, 0.15) is 12.4 Å². The lowest BCUT2D eigenvalue weighted by Gasteiger charge is -2.30. The summed E-state index contributed by atoms with van der Waals surface area (Å²) < 4.78 is 11.3. The number of ether oxygens (including phenoxy) is 2. The molecule has 0 N–H and O–H groups in total. The van der Waals surface area contributed by atoms with Crippen LogP contribution in [0.1, 0.15) is 51.7 Å². The van der Waals surface area contributed by atoms with Gasteiger partial charge in [-0.25, -0.2) is 0 Å². The quantitative estimate of drug-likeness (QED) is 0.712. The smallest absolute Gasteiger partial charge is 0.248 e. The normalized spacial score (nSPS) is 14.3. The van der Waals surface area contributed by atoms with Crippen LogP contribution in [0.15, 0.2) is 18.2 Å². The van der Waals surface area contributed by atoms with Crippen molar-refractivity contribution in [3.8, 4) is 5.75 Å². The highest BCUT2D eigenvalue weighted by atomic mass is 16.5. The van der Waals surface area contributed by atoms with Crippen LogP contribution in [0.4, 0.5) is 0 Å². The molecular weight excluding hydrogens is 314 g/mol. The lowest BCUT2D eigenvalue weighted by molar-refractivity contribution is -0.139. The fraction of sp³-hybridized carbons (Fsp3) is 0.667. The molecule has 0 spiro atoms. The maximum Gasteiger partial charge on any atom is 0.248 e. The van der Waals surface area contributed by atoms with Crippen LogP contribution in [0.3, 0.4) is 0 Å². The van der Waals surface area contributed by atoms with Crippen molar-refractivity contribution in [3.63, 3.8) is 0 Å². The van der Waals surface area contributed by atoms with Crippen molar-refractivity contribution in [2.75, 3.05) is 20.3 Å². The number of carbonyl (C=O) groups excluding carboxylic acids is 1. The van der Waals surface area contributed by atoms with Crippen LogP contribution >= 0.6 is 0 Å². The summed E-state index contributed by atoms with van der Waals surface area (Å²) in [6.45, 7) is 10.4. The van der Waals surface area contributed by atoms with E-state index in [1.54, 1.807) is 7.11 Å². The molecule has 1 heterocycles. The van der Waals surface area contributed by atoms with Crippen molar-refractivity contribution in [1.29, 1.82) is 0 Å². The summed E-state index contributed by atoms with van der Waals surface area (Å²) in [5, 5.41) is 0. The largest absolute Gasteiger partial charge is 0.497 e. The average Bonchev–Trinajstić information content (AvgIpc) is 2.57. The third-order valence-electron chi connectivity index (χ3n) is 4.69. The van der Waals surface area contributed by atoms with Gasteiger partial charge in [-0.2, -0.15) is 0 Å². The van der Waals surface area contributed by atoms with Crippen molar-refractivity contribution < 1.29 is 14.3 Å². The van der Waals surface area contributed by atoms with Gasteiger partial charge >= 0.3 is 0 Å². The fourth-order valence-electron chi connectivity index (χ4n) is 3.43. The first-order valence-electron chi connectivity index (χ1n) is 9.44. The first-order valence-corrected chi connectivity index (χ1v) is 9.44. The molecule has 1 aliphatic rings. The van der Waals surface area contributed by atoms with Crippen molar-refractivity contribution in [2.24, 2.45) is 11.8 Å². The highest BCUT2D eigenvalue weighted by molar-refractivity contribution is 5.77. The highest BCUT2D eigenvalue weighted by Gasteiger charge is 2.22. The molecule has 4 nitrogen and oxygen atoms in total. The molecule has 0 unspecified atom stereocenters. The molecule has 140 valence electrons. The van der Waals surface area contributed by atoms with Gasteiger partial charge in [-0.3, -0.25) is 4.79 Å². The maximum atomic E-state index is 12.6. The Morgan fingerprint density at radius 2 is 1.80 bits per heavy atom. The minimum absolute atomic E-state index is 0.0963. The van der Waals surface area contributed by atoms with Gasteiger partial charge in [-0.05, 0) is 54.4 Å². The van der Waals surface area contributed by atoms with E-state index < -0.39 is 0 Å². The Balaban J connectivity index is 1.90. The Kier molecular flexibility index (Phi) is 7.30. The monoisotopic (exact) mass is 347 g/mol. The van der Waals surface area contributed by atoms with Crippen molar-refractivity contribution >= 4 is 5.91 Å². The van der Waals surface area contributed by atoms with Crippen LogP contribution in [0.25, 0.3) is 0 Å². The van der Waals surface area contributed by atoms with E-state index in [0.29, 0.717) is 18.4 Å². The van der Waals surface area contributed by atoms with E-state index in [9.17, 15) is 4.79 Å². The number of methoxy groups -OCH3 is 1. The summed E-state index contributed by atoms with van der Waals surface area (Å²) in [5.74, 6) is 2.14. The Morgan fingerprint density at radius 1 is 1.12 bits per heavy atom. The molecule has 0 aliphatic carbocycles. The van der Waals surface area contributed by atoms with Gasteiger partial charge in [0.25, 0.3) is 0 Å². The SMILES string of the molecule is COc1ccc2c(c1)CCN(C(=O)COC(CC(C)C)CC(C)C)C2. The van der Waals surface area contributed by atoms with Crippen LogP contribution in [0.2, 0.25) is 0 Å². The summed E-state index contributed by atoms with van der Waals surface area (Å²) >= 11 is 0. The zero-order valence-corrected chi connectivity index (χ0v) is 16.4. The molecule has 0 saturated heterocycles. The molecular formula is C21H33NO3. The van der Waals surface area contributed by atoms with Crippen LogP contribution < -0.4 is 4.74 Å². The third kappa shape index (κ3) is 6.03. The van der Waals surface area contributed by atoms with Crippen molar-refractivity contribution in [3.05, 3.63) is 29.3 Å². The van der Waals surface area contributed by atoms with E-state index in [2.05, 4.69) is 39.8 Å². The minimum Gasteiger partial charge on any atom is -0.497 e. The molecule has 1 aliphatic heterocycles. The molecule has 0 atom stereocenters. The first kappa shape index (κ1) is 19.8. The number of hydrogen-bond acceptors (Lipinski definition) is 3. The van der Waals surface area contributed by atoms with Gasteiger partial charge in [0.05, 0.1) is 13.2 Å². The molecule has 2 rings (SSSR count). The molecule has 1 amide bonds. The van der Waals surface area contributed by atoms with Gasteiger partial charge in [-0.1, -0.05) is 33.8 Å². The van der Waals surface area contributed by atoms with E-state index in [1.807, 2.05) is 11.0 Å². The van der Waals surface area contributed by atoms with Crippen LogP contribution in [-0.2, 0) is 22.5 Å². The highest BCUT2D eigenvalue weighted by Crippen LogP contribution is 2.24. The third-order valence-corrected chi connectivity index (χ3v) is 4.69. The predicted octanol–water partition coefficient (Wildman–Crippen LogP) is 4.06. The van der Waals surface area contributed by atoms with E-state index in [1.165, 1.54) is 11.1 Å². The number of amides is 1. The summed E-state index contributed by atoms with van der Waals surface area (Å²) in [5.41, 5.74) is 2.49. The second kappa shape index (κ2) is 9.23. The van der Waals surface area contributed by atoms with Crippen LogP contribution in [0, 0.1) is 11.8 Å². The van der Waals surface area contributed by atoms with Crippen molar-refractivity contribution in [2.45, 2.75) is 59.6 Å². The van der Waals surface area contributed by atoms with Gasteiger partial charge in [0, 0.05) is 13.1 Å². The number of hydrogen-bond donors (Lipinski definition) is 0. The summed E-state index contributed by atoms with van der Waals surface area (Å²) in [7, 11) is 1.68. The van der Waals surface area contributed by atoms with Gasteiger partial charge in [-0.15, -0.1) is 0 Å². The lowest BCUT2D eigenvalue weighted by Crippen LogP contribution is -2.39. The molecule has 0 radical (unpaired) electrons. The second-order valence-electron chi connectivity index (χ2n) is 7.89. The van der Waals surface area contributed by atoms with E-state index in [0.717, 1.165) is 31.6 Å². The van der Waals surface area contributed by atoms with E-state index in [4.69, 9.17) is 9.47 Å². The van der Waals surface area contributed by atoms with E-state index in [-0.39, 0.29) is 18.6 Å². The maximum absolute atomic E-state index is 12.6. The Labute approximate surface area is 152 Å². The van der Waals surface area contributed by atoms with Crippen LogP contribution in [-0.4, -0.2) is 37.2 Å². The Bertz CT molecular complexity index is 558. The van der Waals surface area contributed by atoms with Crippen LogP contribution in [0.5, 0.6) is 5.75 Å². The number of carbonyl (C=O) groups is 1. The average molecular weight is 347 g/mol. The molecule has 25 heavy (non-hydrogen) atoms. The zero-order chi connectivity index (χ0) is 18.4. The number of rotatable bonds is 8. The molecule has 0 aromatic heterocycles. The van der Waals surface area contributed by atoms with Gasteiger partial charge in [0.15, 0.2) is 0 Å². The summed E-state index contributed by atoms with van der Waals surface area (Å²) in [4.78, 5) is 14.5. The summed E-state index contributed by atoms with van der Waals surface area (Å²) in [6, 6.07) is 6.11. The van der Waals surface area contributed by atoms with Gasteiger partial charge < -0.3 is 14.4 Å². The topological polar surface area (TPSA) is 38.8 Å². The summed E-state index contributed by atoms with van der Waals surface area (Å²) in [6.07, 6.45) is 3.06. The number of benzene rings is 1. The zero-order valence-electron chi connectivity index (χ0n) is 16.4. The fourth-order valence-corrected chi connectivity index (χ4v) is 3.43. The standard InChI is InChI=1S/C21H33NO3/c1-15(2)10-20(11-16(3)4)25-14-21(23)22-9-8-17-12-19(24-5)7-6-18(17)13-22/h6-7,12,15-16,20H,8-11,13-14H2,1-5H3. The molecule has 1 aromatic carbocycles. The number of fused-ring (bicyclic) bond motifs is 1. The first-order chi connectivity index (χ1) is 11.9. The molecule has 4 heteroatoms. The molecule has 0 fully saturated rings. The second-order valence-corrected chi connectivity index (χ2v) is 7.89. The lowest BCUT2D eigenvalue weighted by atomic mass is 9.98. The molecule has 0 bridgehead atoms. The molecule has 0 saturated carbocycles. The van der Waals surface area contributed by atoms with E-state index >= 15 is 0 Å². The molecule has 1 aromatic rings. The predicted molar refractivity (Wildman–Crippen MR) is 101 cm³/mol. The Hall–Kier alpha value is -1.55. The van der Waals surface area contributed by atoms with Crippen molar-refractivity contribution in [1.82, 2.24) is 4.90 Å². The number of nitrogens with zero attached hydrogens (tertiary/aromatic N) is 1. The minimum atomic E-state index is 0.0963. The Morgan fingerprint density at radius 3 is 2.40 bits per heavy atom.